The first-order chi connectivity index (χ1) is 8.11. The van der Waals surface area contributed by atoms with Crippen molar-refractivity contribution in [1.29, 1.82) is 0 Å². The number of benzene rings is 1. The van der Waals surface area contributed by atoms with E-state index in [1.807, 2.05) is 25.2 Å². The third kappa shape index (κ3) is 2.83. The number of hydrogen-bond acceptors (Lipinski definition) is 2. The summed E-state index contributed by atoms with van der Waals surface area (Å²) < 4.78 is 0. The molecule has 0 saturated carbocycles. The van der Waals surface area contributed by atoms with Gasteiger partial charge in [-0.25, -0.2) is 0 Å². The van der Waals surface area contributed by atoms with Gasteiger partial charge in [-0.2, -0.15) is 0 Å². The van der Waals surface area contributed by atoms with E-state index in [4.69, 9.17) is 23.2 Å². The van der Waals surface area contributed by atoms with Crippen LogP contribution >= 0.6 is 34.5 Å². The van der Waals surface area contributed by atoms with Gasteiger partial charge >= 0.3 is 0 Å². The Balaban J connectivity index is 2.38. The molecule has 90 valence electrons. The molecule has 2 rings (SSSR count). The van der Waals surface area contributed by atoms with E-state index in [-0.39, 0.29) is 6.04 Å². The quantitative estimate of drug-likeness (QED) is 0.864. The lowest BCUT2D eigenvalue weighted by Gasteiger charge is -2.16. The minimum atomic E-state index is 0.162. The predicted octanol–water partition coefficient (Wildman–Crippen LogP) is 4.67. The molecule has 0 spiro atoms. The standard InChI is InChI=1S/C13H13Cl2NS/c1-8-5-10(7-17-8)13(16-2)9-3-4-11(14)12(15)6-9/h3-7,13,16H,1-2H3. The topological polar surface area (TPSA) is 12.0 Å². The first kappa shape index (κ1) is 12.9. The normalized spacial score (nSPS) is 12.7. The lowest BCUT2D eigenvalue weighted by atomic mass is 10.0. The highest BCUT2D eigenvalue weighted by Gasteiger charge is 2.14. The lowest BCUT2D eigenvalue weighted by molar-refractivity contribution is 0.694. The van der Waals surface area contributed by atoms with Crippen molar-refractivity contribution in [2.24, 2.45) is 0 Å². The van der Waals surface area contributed by atoms with Crippen molar-refractivity contribution >= 4 is 34.5 Å². The van der Waals surface area contributed by atoms with Gasteiger partial charge in [0, 0.05) is 4.88 Å². The molecule has 0 aliphatic heterocycles. The fourth-order valence-corrected chi connectivity index (χ4v) is 2.87. The van der Waals surface area contributed by atoms with E-state index < -0.39 is 0 Å². The monoisotopic (exact) mass is 285 g/mol. The zero-order valence-corrected chi connectivity index (χ0v) is 12.0. The summed E-state index contributed by atoms with van der Waals surface area (Å²) in [5.74, 6) is 0. The largest absolute Gasteiger partial charge is 0.309 e. The molecule has 1 unspecified atom stereocenters. The molecule has 1 aromatic heterocycles. The van der Waals surface area contributed by atoms with E-state index in [0.717, 1.165) is 5.56 Å². The predicted molar refractivity (Wildman–Crippen MR) is 76.4 cm³/mol. The molecular formula is C13H13Cl2NS. The average Bonchev–Trinajstić information content (AvgIpc) is 2.71. The Labute approximate surface area is 115 Å². The fraction of sp³-hybridized carbons (Fsp3) is 0.231. The van der Waals surface area contributed by atoms with Gasteiger partial charge in [0.2, 0.25) is 0 Å². The summed E-state index contributed by atoms with van der Waals surface area (Å²) in [6.45, 7) is 2.11. The van der Waals surface area contributed by atoms with Gasteiger partial charge < -0.3 is 5.32 Å². The molecule has 0 saturated heterocycles. The van der Waals surface area contributed by atoms with Gasteiger partial charge in [-0.05, 0) is 48.7 Å². The van der Waals surface area contributed by atoms with Crippen LogP contribution in [0.4, 0.5) is 0 Å². The van der Waals surface area contributed by atoms with Gasteiger partial charge in [0.1, 0.15) is 0 Å². The van der Waals surface area contributed by atoms with Crippen molar-refractivity contribution in [2.75, 3.05) is 7.05 Å². The molecule has 0 fully saturated rings. The van der Waals surface area contributed by atoms with Gasteiger partial charge in [-0.15, -0.1) is 11.3 Å². The molecule has 1 heterocycles. The van der Waals surface area contributed by atoms with Crippen molar-refractivity contribution in [3.8, 4) is 0 Å². The van der Waals surface area contributed by atoms with Gasteiger partial charge in [-0.1, -0.05) is 29.3 Å². The second-order valence-electron chi connectivity index (χ2n) is 3.89. The van der Waals surface area contributed by atoms with Crippen molar-refractivity contribution in [3.05, 3.63) is 55.7 Å². The van der Waals surface area contributed by atoms with Crippen molar-refractivity contribution < 1.29 is 0 Å². The highest BCUT2D eigenvalue weighted by molar-refractivity contribution is 7.10. The van der Waals surface area contributed by atoms with Gasteiger partial charge in [0.25, 0.3) is 0 Å². The maximum atomic E-state index is 6.05. The number of nitrogens with one attached hydrogen (secondary N) is 1. The molecule has 1 aromatic carbocycles. The number of rotatable bonds is 3. The van der Waals surface area contributed by atoms with E-state index >= 15 is 0 Å². The summed E-state index contributed by atoms with van der Waals surface area (Å²) in [6, 6.07) is 8.10. The molecule has 4 heteroatoms. The molecule has 0 bridgehead atoms. The molecule has 0 radical (unpaired) electrons. The van der Waals surface area contributed by atoms with E-state index in [1.165, 1.54) is 10.4 Å². The van der Waals surface area contributed by atoms with Crippen LogP contribution < -0.4 is 5.32 Å². The van der Waals surface area contributed by atoms with Crippen LogP contribution in [0, 0.1) is 6.92 Å². The van der Waals surface area contributed by atoms with Crippen LogP contribution in [0.5, 0.6) is 0 Å². The highest BCUT2D eigenvalue weighted by atomic mass is 35.5. The smallest absolute Gasteiger partial charge is 0.0595 e. The molecular weight excluding hydrogens is 273 g/mol. The summed E-state index contributed by atoms with van der Waals surface area (Å²) in [6.07, 6.45) is 0. The fourth-order valence-electron chi connectivity index (χ4n) is 1.83. The van der Waals surface area contributed by atoms with Crippen LogP contribution in [0.3, 0.4) is 0 Å². The molecule has 0 aliphatic carbocycles. The van der Waals surface area contributed by atoms with Crippen LogP contribution in [0.25, 0.3) is 0 Å². The Morgan fingerprint density at radius 3 is 2.41 bits per heavy atom. The Hall–Kier alpha value is -0.540. The minimum absolute atomic E-state index is 0.162. The second kappa shape index (κ2) is 5.40. The minimum Gasteiger partial charge on any atom is -0.309 e. The van der Waals surface area contributed by atoms with Crippen LogP contribution in [0.15, 0.2) is 29.6 Å². The molecule has 2 aromatic rings. The third-order valence-electron chi connectivity index (χ3n) is 2.65. The van der Waals surface area contributed by atoms with Crippen LogP contribution in [0.2, 0.25) is 10.0 Å². The van der Waals surface area contributed by atoms with Crippen LogP contribution in [-0.4, -0.2) is 7.05 Å². The Morgan fingerprint density at radius 2 is 1.88 bits per heavy atom. The zero-order valence-electron chi connectivity index (χ0n) is 9.63. The molecule has 0 aliphatic rings. The van der Waals surface area contributed by atoms with Gasteiger partial charge in [-0.3, -0.25) is 0 Å². The third-order valence-corrected chi connectivity index (χ3v) is 4.27. The summed E-state index contributed by atoms with van der Waals surface area (Å²) in [4.78, 5) is 1.31. The number of aryl methyl sites for hydroxylation is 1. The average molecular weight is 286 g/mol. The summed E-state index contributed by atoms with van der Waals surface area (Å²) >= 11 is 13.7. The molecule has 1 nitrogen and oxygen atoms in total. The Kier molecular flexibility index (Phi) is 4.10. The molecule has 17 heavy (non-hydrogen) atoms. The van der Waals surface area contributed by atoms with Gasteiger partial charge in [0.15, 0.2) is 0 Å². The number of hydrogen-bond donors (Lipinski definition) is 1. The first-order valence-electron chi connectivity index (χ1n) is 5.29. The van der Waals surface area contributed by atoms with E-state index in [1.54, 1.807) is 11.3 Å². The van der Waals surface area contributed by atoms with Crippen molar-refractivity contribution in [1.82, 2.24) is 5.32 Å². The second-order valence-corrected chi connectivity index (χ2v) is 5.82. The maximum absolute atomic E-state index is 6.05. The zero-order chi connectivity index (χ0) is 12.4. The number of halogens is 2. The summed E-state index contributed by atoms with van der Waals surface area (Å²) in [7, 11) is 1.94. The lowest BCUT2D eigenvalue weighted by Crippen LogP contribution is -2.16. The SMILES string of the molecule is CNC(c1csc(C)c1)c1ccc(Cl)c(Cl)c1. The van der Waals surface area contributed by atoms with E-state index in [9.17, 15) is 0 Å². The summed E-state index contributed by atoms with van der Waals surface area (Å²) in [5, 5.41) is 6.65. The molecule has 1 atom stereocenters. The summed E-state index contributed by atoms with van der Waals surface area (Å²) in [5.41, 5.74) is 2.38. The Morgan fingerprint density at radius 1 is 1.12 bits per heavy atom. The highest BCUT2D eigenvalue weighted by Crippen LogP contribution is 2.30. The number of thiophene rings is 1. The van der Waals surface area contributed by atoms with Crippen LogP contribution in [-0.2, 0) is 0 Å². The van der Waals surface area contributed by atoms with Crippen molar-refractivity contribution in [2.45, 2.75) is 13.0 Å². The maximum Gasteiger partial charge on any atom is 0.0595 e. The van der Waals surface area contributed by atoms with Crippen molar-refractivity contribution in [3.63, 3.8) is 0 Å². The van der Waals surface area contributed by atoms with Gasteiger partial charge in [0.05, 0.1) is 16.1 Å². The molecule has 0 amide bonds. The molecule has 1 N–H and O–H groups in total. The van der Waals surface area contributed by atoms with E-state index in [2.05, 4.69) is 23.7 Å². The van der Waals surface area contributed by atoms with E-state index in [0.29, 0.717) is 10.0 Å². The van der Waals surface area contributed by atoms with Crippen LogP contribution in [0.1, 0.15) is 22.0 Å². The Bertz CT molecular complexity index is 522. The first-order valence-corrected chi connectivity index (χ1v) is 6.92.